The molecule has 0 heterocycles. The van der Waals surface area contributed by atoms with E-state index < -0.39 is 17.1 Å². The van der Waals surface area contributed by atoms with Crippen LogP contribution >= 0.6 is 0 Å². The Morgan fingerprint density at radius 1 is 1.23 bits per heavy atom. The minimum atomic E-state index is -1.92. The van der Waals surface area contributed by atoms with Crippen molar-refractivity contribution in [1.29, 1.82) is 0 Å². The summed E-state index contributed by atoms with van der Waals surface area (Å²) >= 11 is 0. The molecule has 0 fully saturated rings. The van der Waals surface area contributed by atoms with E-state index in [1.807, 2.05) is 0 Å². The number of hydrogen-bond acceptors (Lipinski definition) is 3. The van der Waals surface area contributed by atoms with Gasteiger partial charge in [-0.2, -0.15) is 0 Å². The molecule has 0 aliphatic heterocycles. The molecule has 80 valence electrons. The molecule has 1 unspecified atom stereocenters. The van der Waals surface area contributed by atoms with E-state index in [1.165, 1.54) is 0 Å². The van der Waals surface area contributed by atoms with E-state index in [-0.39, 0.29) is 0 Å². The first-order valence-corrected chi connectivity index (χ1v) is 10.9. The van der Waals surface area contributed by atoms with Crippen LogP contribution in [0.4, 0.5) is 0 Å². The van der Waals surface area contributed by atoms with Gasteiger partial charge in [-0.15, -0.1) is 0 Å². The molecule has 13 heavy (non-hydrogen) atoms. The fourth-order valence-electron chi connectivity index (χ4n) is 1.21. The average molecular weight is 239 g/mol. The van der Waals surface area contributed by atoms with Crippen molar-refractivity contribution in [3.05, 3.63) is 0 Å². The van der Waals surface area contributed by atoms with Crippen LogP contribution in [0, 0.1) is 0 Å². The molecule has 0 aliphatic carbocycles. The first-order valence-electron chi connectivity index (χ1n) is 4.69. The Labute approximate surface area is 86.8 Å². The molecule has 0 N–H and O–H groups in total. The normalized spacial score (nSPS) is 17.3. The first-order chi connectivity index (χ1) is 5.89. The molecular weight excluding hydrogens is 216 g/mol. The molecule has 0 spiro atoms. The number of rotatable bonds is 6. The van der Waals surface area contributed by atoms with Gasteiger partial charge in [0.05, 0.1) is 0 Å². The lowest BCUT2D eigenvalue weighted by Crippen LogP contribution is -2.49. The molecule has 6 heteroatoms. The van der Waals surface area contributed by atoms with Crippen molar-refractivity contribution in [2.45, 2.75) is 39.0 Å². The van der Waals surface area contributed by atoms with Gasteiger partial charge in [0.1, 0.15) is 10.5 Å². The molecule has 0 amide bonds. The Kier molecular flexibility index (Phi) is 5.64. The van der Waals surface area contributed by atoms with Crippen molar-refractivity contribution >= 4 is 27.6 Å². The zero-order valence-corrected chi connectivity index (χ0v) is 13.6. The van der Waals surface area contributed by atoms with Crippen LogP contribution in [0.3, 0.4) is 0 Å². The maximum absolute atomic E-state index is 6.03. The third-order valence-corrected chi connectivity index (χ3v) is 12.0. The summed E-state index contributed by atoms with van der Waals surface area (Å²) in [5.41, 5.74) is 0. The maximum atomic E-state index is 6.03. The highest BCUT2D eigenvalue weighted by Gasteiger charge is 2.37. The Morgan fingerprint density at radius 2 is 1.77 bits per heavy atom. The maximum Gasteiger partial charge on any atom is 0.325 e. The van der Waals surface area contributed by atoms with Gasteiger partial charge in [-0.05, 0) is 25.7 Å². The highest BCUT2D eigenvalue weighted by molar-refractivity contribution is 6.80. The molecule has 0 aromatic carbocycles. The smallest absolute Gasteiger partial charge is 0.325 e. The lowest BCUT2D eigenvalue weighted by atomic mass is 10.6. The second-order valence-corrected chi connectivity index (χ2v) is 12.2. The van der Waals surface area contributed by atoms with E-state index >= 15 is 0 Å². The fourth-order valence-corrected chi connectivity index (χ4v) is 8.31. The summed E-state index contributed by atoms with van der Waals surface area (Å²) in [6.45, 7) is 8.44. The minimum absolute atomic E-state index is 0.751. The van der Waals surface area contributed by atoms with E-state index in [1.54, 1.807) is 7.11 Å². The Morgan fingerprint density at radius 3 is 2.08 bits per heavy atom. The van der Waals surface area contributed by atoms with Crippen molar-refractivity contribution in [1.82, 2.24) is 0 Å². The predicted molar refractivity (Wildman–Crippen MR) is 63.3 cm³/mol. The van der Waals surface area contributed by atoms with Crippen LogP contribution in [0.15, 0.2) is 0 Å². The van der Waals surface area contributed by atoms with Crippen LogP contribution in [0.25, 0.3) is 0 Å². The summed E-state index contributed by atoms with van der Waals surface area (Å²) in [5, 5.41) is 0. The summed E-state index contributed by atoms with van der Waals surface area (Å²) in [5.74, 6) is 0. The van der Waals surface area contributed by atoms with Crippen LogP contribution in [0.1, 0.15) is 13.3 Å². The van der Waals surface area contributed by atoms with Gasteiger partial charge in [0.2, 0.25) is 0 Å². The van der Waals surface area contributed by atoms with E-state index in [9.17, 15) is 0 Å². The van der Waals surface area contributed by atoms with E-state index in [2.05, 4.69) is 26.6 Å². The third kappa shape index (κ3) is 5.09. The van der Waals surface area contributed by atoms with Crippen LogP contribution in [0.5, 0.6) is 0 Å². The second kappa shape index (κ2) is 5.42. The Bertz CT molecular complexity index is 154. The van der Waals surface area contributed by atoms with Crippen molar-refractivity contribution in [3.63, 3.8) is 0 Å². The Hall–Kier alpha value is 0.531. The van der Waals surface area contributed by atoms with Crippen molar-refractivity contribution < 1.29 is 12.7 Å². The molecule has 0 aliphatic rings. The Balaban J connectivity index is 4.25. The second-order valence-electron chi connectivity index (χ2n) is 3.79. The van der Waals surface area contributed by atoms with Crippen LogP contribution in [-0.4, -0.2) is 34.7 Å². The molecule has 0 aromatic rings. The van der Waals surface area contributed by atoms with Gasteiger partial charge < -0.3 is 12.7 Å². The lowest BCUT2D eigenvalue weighted by Gasteiger charge is -2.33. The van der Waals surface area contributed by atoms with Gasteiger partial charge in [-0.1, -0.05) is 13.3 Å². The third-order valence-electron chi connectivity index (χ3n) is 2.09. The summed E-state index contributed by atoms with van der Waals surface area (Å²) < 4.78 is 17.0. The monoisotopic (exact) mass is 238 g/mol. The fraction of sp³-hybridized carbons (Fsp3) is 1.00. The predicted octanol–water partition coefficient (Wildman–Crippen LogP) is 1.13. The van der Waals surface area contributed by atoms with Gasteiger partial charge in [0.25, 0.3) is 0 Å². The molecule has 0 saturated heterocycles. The molecule has 1 atom stereocenters. The topological polar surface area (TPSA) is 27.7 Å². The largest absolute Gasteiger partial charge is 0.445 e. The minimum Gasteiger partial charge on any atom is -0.445 e. The zero-order valence-electron chi connectivity index (χ0n) is 9.64. The molecule has 3 nitrogen and oxygen atoms in total. The lowest BCUT2D eigenvalue weighted by molar-refractivity contribution is 0.276. The standard InChI is InChI=1S/C7H22O3Si3/c1-6-7-13(5,8-2)10-12(3,4)9-11/h6-7H2,1-5,11H3. The van der Waals surface area contributed by atoms with Crippen molar-refractivity contribution in [3.8, 4) is 0 Å². The number of hydrogen-bond donors (Lipinski definition) is 0. The van der Waals surface area contributed by atoms with Gasteiger partial charge in [-0.3, -0.25) is 0 Å². The zero-order chi connectivity index (χ0) is 10.5. The average Bonchev–Trinajstić information content (AvgIpc) is 2.04. The van der Waals surface area contributed by atoms with Gasteiger partial charge >= 0.3 is 17.1 Å². The molecule has 0 rings (SSSR count). The summed E-state index contributed by atoms with van der Waals surface area (Å²) in [7, 11) is -1.29. The summed E-state index contributed by atoms with van der Waals surface area (Å²) in [6, 6.07) is 1.05. The SMILES string of the molecule is CCC[Si](C)(OC)O[Si](C)(C)O[SiH3]. The van der Waals surface area contributed by atoms with Crippen molar-refractivity contribution in [2.75, 3.05) is 7.11 Å². The molecule has 0 aromatic heterocycles. The molecule has 0 saturated carbocycles. The van der Waals surface area contributed by atoms with Crippen LogP contribution in [0.2, 0.25) is 25.7 Å². The van der Waals surface area contributed by atoms with Gasteiger partial charge in [0.15, 0.2) is 0 Å². The van der Waals surface area contributed by atoms with Crippen molar-refractivity contribution in [2.24, 2.45) is 0 Å². The molecular formula is C7H22O3Si3. The highest BCUT2D eigenvalue weighted by Crippen LogP contribution is 2.20. The van der Waals surface area contributed by atoms with E-state index in [4.69, 9.17) is 12.7 Å². The van der Waals surface area contributed by atoms with Crippen LogP contribution in [-0.2, 0) is 12.7 Å². The highest BCUT2D eigenvalue weighted by atomic mass is 28.5. The molecule has 0 bridgehead atoms. The summed E-state index contributed by atoms with van der Waals surface area (Å²) in [6.07, 6.45) is 1.11. The van der Waals surface area contributed by atoms with E-state index in [0.29, 0.717) is 0 Å². The molecule has 0 radical (unpaired) electrons. The quantitative estimate of drug-likeness (QED) is 0.649. The van der Waals surface area contributed by atoms with Gasteiger partial charge in [0, 0.05) is 7.11 Å². The summed E-state index contributed by atoms with van der Waals surface area (Å²) in [4.78, 5) is 0. The van der Waals surface area contributed by atoms with Gasteiger partial charge in [-0.25, -0.2) is 0 Å². The van der Waals surface area contributed by atoms with Crippen LogP contribution < -0.4 is 0 Å². The first kappa shape index (κ1) is 13.5. The van der Waals surface area contributed by atoms with E-state index in [0.717, 1.165) is 23.0 Å².